The maximum Gasteiger partial charge on any atom is 0.191 e. The second-order valence-electron chi connectivity index (χ2n) is 5.85. The van der Waals surface area contributed by atoms with E-state index < -0.39 is 0 Å². The number of benzene rings is 1. The first-order valence-corrected chi connectivity index (χ1v) is 10.1. The van der Waals surface area contributed by atoms with Crippen LogP contribution in [0.15, 0.2) is 29.3 Å². The van der Waals surface area contributed by atoms with Gasteiger partial charge in [-0.2, -0.15) is 11.8 Å². The van der Waals surface area contributed by atoms with E-state index in [1.807, 2.05) is 23.9 Å². The van der Waals surface area contributed by atoms with E-state index in [4.69, 9.17) is 4.74 Å². The average molecular weight is 478 g/mol. The molecule has 2 rings (SSSR count). The second kappa shape index (κ2) is 12.5. The summed E-state index contributed by atoms with van der Waals surface area (Å²) in [5.74, 6) is 3.04. The van der Waals surface area contributed by atoms with Crippen molar-refractivity contribution in [3.05, 3.63) is 24.3 Å². The first kappa shape index (κ1) is 22.2. The van der Waals surface area contributed by atoms with Crippen molar-refractivity contribution < 1.29 is 4.74 Å². The van der Waals surface area contributed by atoms with Gasteiger partial charge in [0.15, 0.2) is 5.96 Å². The van der Waals surface area contributed by atoms with Gasteiger partial charge in [-0.25, -0.2) is 0 Å². The number of guanidine groups is 1. The Balaban J connectivity index is 0.00000312. The SMILES string of the molecule is CCNC(=NCCCSC)NC1CCN(c2ccccc2OC)C1.I. The highest BCUT2D eigenvalue weighted by atomic mass is 127. The molecule has 1 aliphatic heterocycles. The van der Waals surface area contributed by atoms with Crippen molar-refractivity contribution in [2.75, 3.05) is 50.2 Å². The van der Waals surface area contributed by atoms with Gasteiger partial charge in [0.1, 0.15) is 5.75 Å². The van der Waals surface area contributed by atoms with Gasteiger partial charge in [0.2, 0.25) is 0 Å². The first-order valence-electron chi connectivity index (χ1n) is 8.70. The van der Waals surface area contributed by atoms with Crippen LogP contribution in [-0.4, -0.2) is 57.3 Å². The molecule has 1 aromatic rings. The van der Waals surface area contributed by atoms with Crippen LogP contribution in [0, 0.1) is 0 Å². The van der Waals surface area contributed by atoms with Crippen molar-refractivity contribution in [2.45, 2.75) is 25.8 Å². The third kappa shape index (κ3) is 7.13. The lowest BCUT2D eigenvalue weighted by atomic mass is 10.2. The molecule has 1 aromatic carbocycles. The highest BCUT2D eigenvalue weighted by molar-refractivity contribution is 14.0. The highest BCUT2D eigenvalue weighted by Gasteiger charge is 2.25. The van der Waals surface area contributed by atoms with Crippen LogP contribution in [-0.2, 0) is 0 Å². The minimum Gasteiger partial charge on any atom is -0.495 e. The van der Waals surface area contributed by atoms with E-state index >= 15 is 0 Å². The number of rotatable bonds is 8. The zero-order valence-electron chi connectivity index (χ0n) is 15.5. The Hall–Kier alpha value is -0.830. The molecule has 0 aromatic heterocycles. The Bertz CT molecular complexity index is 530. The molecule has 0 amide bonds. The molecule has 5 nitrogen and oxygen atoms in total. The number of thioether (sulfide) groups is 1. The smallest absolute Gasteiger partial charge is 0.191 e. The van der Waals surface area contributed by atoms with Crippen LogP contribution in [0.4, 0.5) is 5.69 Å². The number of halogens is 1. The topological polar surface area (TPSA) is 48.9 Å². The van der Waals surface area contributed by atoms with E-state index in [0.717, 1.165) is 56.5 Å². The largest absolute Gasteiger partial charge is 0.495 e. The molecule has 1 fully saturated rings. The van der Waals surface area contributed by atoms with Crippen molar-refractivity contribution in [3.8, 4) is 5.75 Å². The zero-order chi connectivity index (χ0) is 17.2. The number of hydrogen-bond acceptors (Lipinski definition) is 4. The van der Waals surface area contributed by atoms with Crippen molar-refractivity contribution in [1.29, 1.82) is 0 Å². The summed E-state index contributed by atoms with van der Waals surface area (Å²) in [7, 11) is 1.73. The molecule has 2 N–H and O–H groups in total. The van der Waals surface area contributed by atoms with Crippen LogP contribution in [0.1, 0.15) is 19.8 Å². The van der Waals surface area contributed by atoms with E-state index in [2.05, 4.69) is 45.8 Å². The predicted octanol–water partition coefficient (Wildman–Crippen LogP) is 3.20. The van der Waals surface area contributed by atoms with Gasteiger partial charge in [0.05, 0.1) is 12.8 Å². The lowest BCUT2D eigenvalue weighted by Crippen LogP contribution is -2.44. The van der Waals surface area contributed by atoms with Gasteiger partial charge in [-0.15, -0.1) is 24.0 Å². The van der Waals surface area contributed by atoms with Gasteiger partial charge in [-0.05, 0) is 43.9 Å². The van der Waals surface area contributed by atoms with E-state index in [1.165, 1.54) is 5.69 Å². The molecule has 7 heteroatoms. The number of hydrogen-bond donors (Lipinski definition) is 2. The molecule has 1 atom stereocenters. The summed E-state index contributed by atoms with van der Waals surface area (Å²) in [6.45, 7) is 5.87. The normalized spacial score (nSPS) is 17.2. The molecule has 0 bridgehead atoms. The molecule has 142 valence electrons. The Kier molecular flexibility index (Phi) is 11.1. The van der Waals surface area contributed by atoms with Crippen molar-refractivity contribution in [3.63, 3.8) is 0 Å². The number of ether oxygens (including phenoxy) is 1. The Labute approximate surface area is 173 Å². The first-order chi connectivity index (χ1) is 11.8. The predicted molar refractivity (Wildman–Crippen MR) is 121 cm³/mol. The summed E-state index contributed by atoms with van der Waals surface area (Å²) in [5, 5.41) is 6.93. The van der Waals surface area contributed by atoms with Crippen LogP contribution in [0.3, 0.4) is 0 Å². The van der Waals surface area contributed by atoms with Crippen LogP contribution in [0.25, 0.3) is 0 Å². The summed E-state index contributed by atoms with van der Waals surface area (Å²) < 4.78 is 5.49. The fraction of sp³-hybridized carbons (Fsp3) is 0.611. The molecule has 0 aliphatic carbocycles. The molecular weight excluding hydrogens is 447 g/mol. The molecule has 1 heterocycles. The van der Waals surface area contributed by atoms with Gasteiger partial charge in [0.25, 0.3) is 0 Å². The monoisotopic (exact) mass is 478 g/mol. The number of nitrogens with one attached hydrogen (secondary N) is 2. The third-order valence-electron chi connectivity index (χ3n) is 4.08. The van der Waals surface area contributed by atoms with Crippen molar-refractivity contribution >= 4 is 47.4 Å². The molecule has 1 aliphatic rings. The summed E-state index contributed by atoms with van der Waals surface area (Å²) >= 11 is 1.87. The van der Waals surface area contributed by atoms with Gasteiger partial charge < -0.3 is 20.3 Å². The number of methoxy groups -OCH3 is 1. The van der Waals surface area contributed by atoms with E-state index in [-0.39, 0.29) is 24.0 Å². The Morgan fingerprint density at radius 2 is 2.20 bits per heavy atom. The number of anilines is 1. The van der Waals surface area contributed by atoms with Crippen LogP contribution in [0.5, 0.6) is 5.75 Å². The fourth-order valence-electron chi connectivity index (χ4n) is 2.90. The minimum absolute atomic E-state index is 0. The lowest BCUT2D eigenvalue weighted by Gasteiger charge is -2.22. The summed E-state index contributed by atoms with van der Waals surface area (Å²) in [6, 6.07) is 8.64. The van der Waals surface area contributed by atoms with Gasteiger partial charge in [-0.1, -0.05) is 12.1 Å². The van der Waals surface area contributed by atoms with Gasteiger partial charge in [0, 0.05) is 32.2 Å². The molecular formula is C18H31IN4OS. The molecule has 0 spiro atoms. The van der Waals surface area contributed by atoms with Gasteiger partial charge >= 0.3 is 0 Å². The summed E-state index contributed by atoms with van der Waals surface area (Å²) in [5.41, 5.74) is 1.17. The summed E-state index contributed by atoms with van der Waals surface area (Å²) in [6.07, 6.45) is 4.36. The van der Waals surface area contributed by atoms with Crippen molar-refractivity contribution in [1.82, 2.24) is 10.6 Å². The van der Waals surface area contributed by atoms with Crippen LogP contribution >= 0.6 is 35.7 Å². The van der Waals surface area contributed by atoms with Gasteiger partial charge in [-0.3, -0.25) is 4.99 Å². The Morgan fingerprint density at radius 1 is 1.40 bits per heavy atom. The highest BCUT2D eigenvalue weighted by Crippen LogP contribution is 2.30. The average Bonchev–Trinajstić information content (AvgIpc) is 3.07. The second-order valence-corrected chi connectivity index (χ2v) is 6.84. The Morgan fingerprint density at radius 3 is 2.92 bits per heavy atom. The van der Waals surface area contributed by atoms with E-state index in [0.29, 0.717) is 6.04 Å². The quantitative estimate of drug-likeness (QED) is 0.260. The standard InChI is InChI=1S/C18H30N4OS.HI/c1-4-19-18(20-11-7-13-24-3)21-15-10-12-22(14-15)16-8-5-6-9-17(16)23-2;/h5-6,8-9,15H,4,7,10-14H2,1-3H3,(H2,19,20,21);1H. The zero-order valence-corrected chi connectivity index (χ0v) is 18.6. The maximum absolute atomic E-state index is 5.49. The van der Waals surface area contributed by atoms with Crippen molar-refractivity contribution in [2.24, 2.45) is 4.99 Å². The number of nitrogens with zero attached hydrogens (tertiary/aromatic N) is 2. The van der Waals surface area contributed by atoms with Crippen LogP contribution in [0.2, 0.25) is 0 Å². The third-order valence-corrected chi connectivity index (χ3v) is 4.77. The molecule has 0 saturated carbocycles. The number of aliphatic imine (C=N–C) groups is 1. The molecule has 25 heavy (non-hydrogen) atoms. The molecule has 0 radical (unpaired) electrons. The van der Waals surface area contributed by atoms with E-state index in [9.17, 15) is 0 Å². The molecule has 1 unspecified atom stereocenters. The van der Waals surface area contributed by atoms with Crippen LogP contribution < -0.4 is 20.3 Å². The maximum atomic E-state index is 5.49. The van der Waals surface area contributed by atoms with E-state index in [1.54, 1.807) is 7.11 Å². The number of para-hydroxylation sites is 2. The molecule has 1 saturated heterocycles. The fourth-order valence-corrected chi connectivity index (χ4v) is 3.32. The summed E-state index contributed by atoms with van der Waals surface area (Å²) in [4.78, 5) is 7.07. The lowest BCUT2D eigenvalue weighted by molar-refractivity contribution is 0.415. The minimum atomic E-state index is 0.